The number of aryl methyl sites for hydroxylation is 1. The number of fused-ring (bicyclic) bond motifs is 1. The highest BCUT2D eigenvalue weighted by atomic mass is 32.1. The maximum absolute atomic E-state index is 12.6. The van der Waals surface area contributed by atoms with E-state index in [9.17, 15) is 4.79 Å². The average Bonchev–Trinajstić information content (AvgIpc) is 3.47. The molecule has 1 aromatic carbocycles. The third kappa shape index (κ3) is 3.19. The molecule has 136 valence electrons. The summed E-state index contributed by atoms with van der Waals surface area (Å²) in [6.45, 7) is 0.728. The molecule has 5 rings (SSSR count). The van der Waals surface area contributed by atoms with Gasteiger partial charge in [-0.3, -0.25) is 4.79 Å². The van der Waals surface area contributed by atoms with E-state index in [2.05, 4.69) is 60.2 Å². The Morgan fingerprint density at radius 1 is 1.00 bits per heavy atom. The van der Waals surface area contributed by atoms with Crippen LogP contribution in [0.2, 0.25) is 0 Å². The van der Waals surface area contributed by atoms with Crippen molar-refractivity contribution in [1.29, 1.82) is 0 Å². The Balaban J connectivity index is 1.55. The molecule has 0 bridgehead atoms. The molecule has 1 saturated carbocycles. The summed E-state index contributed by atoms with van der Waals surface area (Å²) in [5.74, 6) is 1.12. The second-order valence-electron chi connectivity index (χ2n) is 7.69. The number of carbonyl (C=O) groups excluding carboxylic acids is 1. The zero-order chi connectivity index (χ0) is 18.4. The maximum Gasteiger partial charge on any atom is 0.261 e. The molecule has 1 amide bonds. The van der Waals surface area contributed by atoms with Crippen LogP contribution >= 0.6 is 11.3 Å². The number of hydrogen-bond acceptors (Lipinski definition) is 2. The molecule has 1 aliphatic carbocycles. The van der Waals surface area contributed by atoms with E-state index < -0.39 is 0 Å². The zero-order valence-corrected chi connectivity index (χ0v) is 16.3. The van der Waals surface area contributed by atoms with E-state index in [0.29, 0.717) is 0 Å². The smallest absolute Gasteiger partial charge is 0.261 e. The minimum atomic E-state index is 0.0693. The summed E-state index contributed by atoms with van der Waals surface area (Å²) in [5.41, 5.74) is 5.13. The van der Waals surface area contributed by atoms with Gasteiger partial charge >= 0.3 is 0 Å². The van der Waals surface area contributed by atoms with Gasteiger partial charge in [-0.2, -0.15) is 0 Å². The summed E-state index contributed by atoms with van der Waals surface area (Å²) >= 11 is 1.61. The van der Waals surface area contributed by atoms with Crippen LogP contribution < -0.4 is 9.88 Å². The van der Waals surface area contributed by atoms with E-state index in [4.69, 9.17) is 0 Å². The van der Waals surface area contributed by atoms with Crippen molar-refractivity contribution in [2.45, 2.75) is 31.1 Å². The number of carbonyl (C=O) groups is 1. The summed E-state index contributed by atoms with van der Waals surface area (Å²) in [6, 6.07) is 15.6. The molecular formula is C23H23N2OS+. The van der Waals surface area contributed by atoms with Gasteiger partial charge in [0, 0.05) is 35.0 Å². The number of nitrogens with zero attached hydrogens (tertiary/aromatic N) is 1. The minimum Gasteiger partial charge on any atom is -0.351 e. The van der Waals surface area contributed by atoms with Crippen LogP contribution in [0.5, 0.6) is 0 Å². The van der Waals surface area contributed by atoms with E-state index >= 15 is 0 Å². The molecule has 1 aliphatic heterocycles. The number of benzene rings is 1. The van der Waals surface area contributed by atoms with Crippen LogP contribution in [-0.2, 0) is 7.05 Å². The first kappa shape index (κ1) is 16.7. The third-order valence-corrected chi connectivity index (χ3v) is 6.91. The highest BCUT2D eigenvalue weighted by Crippen LogP contribution is 2.43. The van der Waals surface area contributed by atoms with Gasteiger partial charge in [0.05, 0.1) is 4.88 Å². The first-order valence-electron chi connectivity index (χ1n) is 9.66. The number of nitrogens with one attached hydrogen (secondary N) is 1. The van der Waals surface area contributed by atoms with Gasteiger partial charge in [0.25, 0.3) is 5.91 Å². The fourth-order valence-electron chi connectivity index (χ4n) is 3.98. The van der Waals surface area contributed by atoms with Crippen molar-refractivity contribution < 1.29 is 9.36 Å². The van der Waals surface area contributed by atoms with Crippen molar-refractivity contribution in [3.63, 3.8) is 0 Å². The minimum absolute atomic E-state index is 0.0693. The lowest BCUT2D eigenvalue weighted by molar-refractivity contribution is -0.671. The van der Waals surface area contributed by atoms with Crippen LogP contribution in [0.3, 0.4) is 0 Å². The predicted octanol–water partition coefficient (Wildman–Crippen LogP) is 4.38. The Kier molecular flexibility index (Phi) is 4.09. The van der Waals surface area contributed by atoms with Gasteiger partial charge in [0.2, 0.25) is 0 Å². The Hall–Kier alpha value is -2.46. The highest BCUT2D eigenvalue weighted by molar-refractivity contribution is 7.17. The van der Waals surface area contributed by atoms with E-state index in [0.717, 1.165) is 28.6 Å². The summed E-state index contributed by atoms with van der Waals surface area (Å²) in [5, 5.41) is 3.08. The molecule has 3 heterocycles. The predicted molar refractivity (Wildman–Crippen MR) is 108 cm³/mol. The summed E-state index contributed by atoms with van der Waals surface area (Å²) < 4.78 is 2.03. The average molecular weight is 376 g/mol. The highest BCUT2D eigenvalue weighted by Gasteiger charge is 2.28. The Bertz CT molecular complexity index is 984. The topological polar surface area (TPSA) is 33.0 Å². The molecule has 2 aromatic heterocycles. The molecule has 0 spiro atoms. The van der Waals surface area contributed by atoms with Crippen LogP contribution in [0.1, 0.15) is 57.5 Å². The largest absolute Gasteiger partial charge is 0.351 e. The number of thiophene rings is 1. The van der Waals surface area contributed by atoms with Crippen LogP contribution in [0.15, 0.2) is 54.9 Å². The number of aromatic nitrogens is 1. The van der Waals surface area contributed by atoms with Crippen LogP contribution in [0, 0.1) is 0 Å². The van der Waals surface area contributed by atoms with Gasteiger partial charge in [0.1, 0.15) is 7.05 Å². The van der Waals surface area contributed by atoms with Gasteiger partial charge < -0.3 is 5.32 Å². The van der Waals surface area contributed by atoms with Gasteiger partial charge in [-0.1, -0.05) is 24.3 Å². The Morgan fingerprint density at radius 2 is 1.70 bits per heavy atom. The van der Waals surface area contributed by atoms with E-state index in [1.807, 2.05) is 11.6 Å². The molecule has 0 radical (unpaired) electrons. The lowest BCUT2D eigenvalue weighted by Crippen LogP contribution is -2.25. The monoisotopic (exact) mass is 375 g/mol. The second kappa shape index (κ2) is 6.61. The van der Waals surface area contributed by atoms with Gasteiger partial charge in [-0.25, -0.2) is 4.57 Å². The van der Waals surface area contributed by atoms with Crippen molar-refractivity contribution in [1.82, 2.24) is 5.32 Å². The van der Waals surface area contributed by atoms with Crippen molar-refractivity contribution in [3.8, 4) is 10.4 Å². The van der Waals surface area contributed by atoms with E-state index in [-0.39, 0.29) is 11.8 Å². The molecular weight excluding hydrogens is 352 g/mol. The normalized spacial score (nSPS) is 19.3. The SMILES string of the molecule is C[n+]1ccc(-c2cc3c(s2)C(=O)NCCC3c2ccc(C3CC3)cc2)cc1. The standard InChI is InChI=1S/C23H22N2OS/c1-25-12-9-18(10-13-25)21-14-20-19(8-11-24-23(26)22(20)27-21)17-6-4-16(5-7-17)15-2-3-15/h4-7,9-10,12-15,19H,2-3,8,11H2,1H3/p+1. The molecule has 0 saturated heterocycles. The zero-order valence-electron chi connectivity index (χ0n) is 15.4. The number of rotatable bonds is 3. The van der Waals surface area contributed by atoms with Crippen molar-refractivity contribution >= 4 is 17.2 Å². The molecule has 1 fully saturated rings. The second-order valence-corrected chi connectivity index (χ2v) is 8.74. The number of hydrogen-bond donors (Lipinski definition) is 1. The lowest BCUT2D eigenvalue weighted by atomic mass is 9.88. The van der Waals surface area contributed by atoms with Crippen LogP contribution in [-0.4, -0.2) is 12.5 Å². The van der Waals surface area contributed by atoms with E-state index in [1.54, 1.807) is 11.3 Å². The van der Waals surface area contributed by atoms with Crippen LogP contribution in [0.25, 0.3) is 10.4 Å². The maximum atomic E-state index is 12.6. The molecule has 1 unspecified atom stereocenters. The van der Waals surface area contributed by atoms with Crippen molar-refractivity contribution in [2.24, 2.45) is 7.05 Å². The number of amides is 1. The first-order chi connectivity index (χ1) is 13.2. The fourth-order valence-corrected chi connectivity index (χ4v) is 5.12. The molecule has 3 aromatic rings. The summed E-state index contributed by atoms with van der Waals surface area (Å²) in [6.07, 6.45) is 7.70. The van der Waals surface area contributed by atoms with E-state index in [1.165, 1.54) is 35.1 Å². The van der Waals surface area contributed by atoms with Crippen molar-refractivity contribution in [3.05, 3.63) is 76.4 Å². The molecule has 4 heteroatoms. The Morgan fingerprint density at radius 3 is 2.41 bits per heavy atom. The summed E-state index contributed by atoms with van der Waals surface area (Å²) in [7, 11) is 2.02. The molecule has 3 nitrogen and oxygen atoms in total. The fraction of sp³-hybridized carbons (Fsp3) is 0.304. The quantitative estimate of drug-likeness (QED) is 0.677. The molecule has 1 N–H and O–H groups in total. The van der Waals surface area contributed by atoms with Crippen molar-refractivity contribution in [2.75, 3.05) is 6.54 Å². The van der Waals surface area contributed by atoms with Crippen LogP contribution in [0.4, 0.5) is 0 Å². The van der Waals surface area contributed by atoms with Gasteiger partial charge in [0.15, 0.2) is 12.4 Å². The third-order valence-electron chi connectivity index (χ3n) is 5.71. The molecule has 2 aliphatic rings. The first-order valence-corrected chi connectivity index (χ1v) is 10.5. The number of pyridine rings is 1. The molecule has 1 atom stereocenters. The Labute approximate surface area is 163 Å². The summed E-state index contributed by atoms with van der Waals surface area (Å²) in [4.78, 5) is 14.7. The molecule has 27 heavy (non-hydrogen) atoms. The van der Waals surface area contributed by atoms with Gasteiger partial charge in [-0.15, -0.1) is 11.3 Å². The van der Waals surface area contributed by atoms with Gasteiger partial charge in [-0.05, 0) is 47.9 Å². The lowest BCUT2D eigenvalue weighted by Gasteiger charge is -2.15.